The molecule has 0 radical (unpaired) electrons. The number of amides is 2. The number of benzene rings is 1. The second-order valence-electron chi connectivity index (χ2n) is 8.93. The zero-order chi connectivity index (χ0) is 23.4. The molecule has 1 saturated heterocycles. The number of rotatable bonds is 6. The van der Waals surface area contributed by atoms with Gasteiger partial charge in [-0.3, -0.25) is 9.59 Å². The minimum absolute atomic E-state index is 0.130. The third-order valence-corrected chi connectivity index (χ3v) is 6.18. The van der Waals surface area contributed by atoms with Gasteiger partial charge in [-0.2, -0.15) is 0 Å². The molecule has 3 aromatic rings. The van der Waals surface area contributed by atoms with Crippen molar-refractivity contribution in [3.05, 3.63) is 53.2 Å². The lowest BCUT2D eigenvalue weighted by molar-refractivity contribution is -0.115. The largest absolute Gasteiger partial charge is 0.378 e. The number of hydrogen-bond acceptors (Lipinski definition) is 6. The molecular formula is C24H29N5O3S. The number of nitrogens with one attached hydrogen (secondary N) is 3. The number of anilines is 2. The fourth-order valence-corrected chi connectivity index (χ4v) is 4.48. The van der Waals surface area contributed by atoms with E-state index in [1.165, 1.54) is 11.3 Å². The van der Waals surface area contributed by atoms with Crippen molar-refractivity contribution in [3.8, 4) is 11.3 Å². The van der Waals surface area contributed by atoms with E-state index < -0.39 is 0 Å². The van der Waals surface area contributed by atoms with E-state index in [0.29, 0.717) is 10.7 Å². The van der Waals surface area contributed by atoms with Crippen LogP contribution in [0.25, 0.3) is 11.3 Å². The Balaban J connectivity index is 1.35. The Hall–Kier alpha value is -3.17. The van der Waals surface area contributed by atoms with Gasteiger partial charge in [0.15, 0.2) is 5.13 Å². The van der Waals surface area contributed by atoms with Gasteiger partial charge >= 0.3 is 0 Å². The van der Waals surface area contributed by atoms with Crippen LogP contribution in [-0.4, -0.2) is 54.6 Å². The van der Waals surface area contributed by atoms with Crippen LogP contribution >= 0.6 is 11.3 Å². The Labute approximate surface area is 197 Å². The van der Waals surface area contributed by atoms with Gasteiger partial charge in [-0.25, -0.2) is 4.98 Å². The monoisotopic (exact) mass is 467 g/mol. The quantitative estimate of drug-likeness (QED) is 0.514. The van der Waals surface area contributed by atoms with Crippen LogP contribution in [0.1, 0.15) is 36.8 Å². The third kappa shape index (κ3) is 5.61. The summed E-state index contributed by atoms with van der Waals surface area (Å²) in [6, 6.07) is 9.94. The third-order valence-electron chi connectivity index (χ3n) is 5.42. The van der Waals surface area contributed by atoms with Gasteiger partial charge in [-0.1, -0.05) is 32.9 Å². The smallest absolute Gasteiger partial charge is 0.253 e. The van der Waals surface area contributed by atoms with Gasteiger partial charge in [0.2, 0.25) is 5.91 Å². The first-order valence-corrected chi connectivity index (χ1v) is 11.8. The van der Waals surface area contributed by atoms with Gasteiger partial charge in [0, 0.05) is 47.0 Å². The Kier molecular flexibility index (Phi) is 6.80. The summed E-state index contributed by atoms with van der Waals surface area (Å²) in [6.07, 6.45) is 1.74. The number of H-pyrrole nitrogens is 1. The highest BCUT2D eigenvalue weighted by Gasteiger charge is 2.23. The van der Waals surface area contributed by atoms with E-state index >= 15 is 0 Å². The Bertz CT molecular complexity index is 1130. The molecule has 1 aliphatic rings. The van der Waals surface area contributed by atoms with E-state index in [2.05, 4.69) is 37.6 Å². The fourth-order valence-electron chi connectivity index (χ4n) is 3.75. The van der Waals surface area contributed by atoms with Crippen LogP contribution in [0.5, 0.6) is 0 Å². The van der Waals surface area contributed by atoms with E-state index in [-0.39, 0.29) is 23.8 Å². The van der Waals surface area contributed by atoms with Crippen LogP contribution in [0.3, 0.4) is 0 Å². The summed E-state index contributed by atoms with van der Waals surface area (Å²) in [7, 11) is 0. The molecule has 33 heavy (non-hydrogen) atoms. The standard InChI is InChI=1S/C24H29N5O3S/c1-24(2,3)21-18(7-8-25-21)22(31)26-14-20(30)28-23-27-19(15-33-23)16-5-4-6-17(13-16)29-9-11-32-12-10-29/h4-8,13,15,25H,9-12,14H2,1-3H3,(H,26,31)(H,27,28,30). The minimum Gasteiger partial charge on any atom is -0.378 e. The molecule has 2 aromatic heterocycles. The molecule has 0 atom stereocenters. The van der Waals surface area contributed by atoms with Gasteiger partial charge < -0.3 is 25.3 Å². The van der Waals surface area contributed by atoms with Crippen molar-refractivity contribution in [2.75, 3.05) is 43.1 Å². The van der Waals surface area contributed by atoms with E-state index in [9.17, 15) is 9.59 Å². The van der Waals surface area contributed by atoms with Gasteiger partial charge in [-0.15, -0.1) is 11.3 Å². The zero-order valence-corrected chi connectivity index (χ0v) is 19.9. The summed E-state index contributed by atoms with van der Waals surface area (Å²) >= 11 is 1.36. The molecule has 0 bridgehead atoms. The average Bonchev–Trinajstić information content (AvgIpc) is 3.48. The van der Waals surface area contributed by atoms with Gasteiger partial charge in [0.25, 0.3) is 5.91 Å². The van der Waals surface area contributed by atoms with Crippen molar-refractivity contribution in [1.82, 2.24) is 15.3 Å². The summed E-state index contributed by atoms with van der Waals surface area (Å²) in [4.78, 5) is 34.9. The number of hydrogen-bond donors (Lipinski definition) is 3. The van der Waals surface area contributed by atoms with E-state index in [1.807, 2.05) is 38.3 Å². The molecule has 0 spiro atoms. The normalized spacial score (nSPS) is 14.2. The number of aromatic amines is 1. The van der Waals surface area contributed by atoms with E-state index in [1.54, 1.807) is 12.3 Å². The average molecular weight is 468 g/mol. The second-order valence-corrected chi connectivity index (χ2v) is 9.79. The molecule has 3 N–H and O–H groups in total. The van der Waals surface area contributed by atoms with Crippen molar-refractivity contribution < 1.29 is 14.3 Å². The maximum absolute atomic E-state index is 12.5. The Morgan fingerprint density at radius 2 is 2.00 bits per heavy atom. The molecule has 174 valence electrons. The lowest BCUT2D eigenvalue weighted by Crippen LogP contribution is -2.36. The first-order chi connectivity index (χ1) is 15.8. The van der Waals surface area contributed by atoms with Gasteiger partial charge in [-0.05, 0) is 18.2 Å². The second kappa shape index (κ2) is 9.76. The summed E-state index contributed by atoms with van der Waals surface area (Å²) in [6.45, 7) is 9.15. The molecule has 0 unspecified atom stereocenters. The van der Waals surface area contributed by atoms with E-state index in [0.717, 1.165) is 48.9 Å². The predicted octanol–water partition coefficient (Wildman–Crippen LogP) is 3.64. The lowest BCUT2D eigenvalue weighted by Gasteiger charge is -2.29. The SMILES string of the molecule is CC(C)(C)c1[nH]ccc1C(=O)NCC(=O)Nc1nc(-c2cccc(N3CCOCC3)c2)cs1. The Morgan fingerprint density at radius 1 is 1.21 bits per heavy atom. The molecule has 2 amide bonds. The number of aromatic nitrogens is 2. The number of thiazole rings is 1. The number of nitrogens with zero attached hydrogens (tertiary/aromatic N) is 2. The molecule has 1 aromatic carbocycles. The maximum atomic E-state index is 12.5. The van der Waals surface area contributed by atoms with Crippen LogP contribution in [0.15, 0.2) is 41.9 Å². The van der Waals surface area contributed by atoms with Crippen LogP contribution in [0, 0.1) is 0 Å². The summed E-state index contributed by atoms with van der Waals surface area (Å²) in [5, 5.41) is 7.88. The highest BCUT2D eigenvalue weighted by atomic mass is 32.1. The van der Waals surface area contributed by atoms with Crippen LogP contribution in [0.4, 0.5) is 10.8 Å². The molecule has 8 nitrogen and oxygen atoms in total. The molecule has 0 aliphatic carbocycles. The first-order valence-electron chi connectivity index (χ1n) is 11.0. The van der Waals surface area contributed by atoms with Crippen molar-refractivity contribution in [1.29, 1.82) is 0 Å². The topological polar surface area (TPSA) is 99.3 Å². The van der Waals surface area contributed by atoms with Gasteiger partial charge in [0.1, 0.15) is 0 Å². The van der Waals surface area contributed by atoms with Crippen molar-refractivity contribution in [3.63, 3.8) is 0 Å². The van der Waals surface area contributed by atoms with Crippen molar-refractivity contribution in [2.45, 2.75) is 26.2 Å². The summed E-state index contributed by atoms with van der Waals surface area (Å²) in [5.74, 6) is -0.602. The first kappa shape index (κ1) is 23.0. The van der Waals surface area contributed by atoms with Gasteiger partial charge in [0.05, 0.1) is 31.0 Å². The fraction of sp³-hybridized carbons (Fsp3) is 0.375. The molecule has 9 heteroatoms. The molecule has 1 fully saturated rings. The molecular weight excluding hydrogens is 438 g/mol. The van der Waals surface area contributed by atoms with Crippen LogP contribution in [0.2, 0.25) is 0 Å². The van der Waals surface area contributed by atoms with E-state index in [4.69, 9.17) is 4.74 Å². The van der Waals surface area contributed by atoms with Crippen LogP contribution < -0.4 is 15.5 Å². The highest BCUT2D eigenvalue weighted by molar-refractivity contribution is 7.14. The van der Waals surface area contributed by atoms with Crippen LogP contribution in [-0.2, 0) is 14.9 Å². The molecule has 4 rings (SSSR count). The molecule has 1 aliphatic heterocycles. The molecule has 3 heterocycles. The lowest BCUT2D eigenvalue weighted by atomic mass is 9.89. The molecule has 0 saturated carbocycles. The highest BCUT2D eigenvalue weighted by Crippen LogP contribution is 2.28. The summed E-state index contributed by atoms with van der Waals surface area (Å²) < 4.78 is 5.43. The minimum atomic E-state index is -0.320. The zero-order valence-electron chi connectivity index (χ0n) is 19.1. The number of ether oxygens (including phenoxy) is 1. The number of morpholine rings is 1. The number of carbonyl (C=O) groups is 2. The number of carbonyl (C=O) groups excluding carboxylic acids is 2. The summed E-state index contributed by atoms with van der Waals surface area (Å²) in [5.41, 5.74) is 4.12. The maximum Gasteiger partial charge on any atom is 0.253 e. The predicted molar refractivity (Wildman–Crippen MR) is 131 cm³/mol. The van der Waals surface area contributed by atoms with Crippen molar-refractivity contribution in [2.24, 2.45) is 0 Å². The Morgan fingerprint density at radius 3 is 2.76 bits per heavy atom. The van der Waals surface area contributed by atoms with Crippen molar-refractivity contribution >= 4 is 34.0 Å².